The molecule has 1 fully saturated rings. The molecule has 39 heavy (non-hydrogen) atoms. The number of aromatic carboxylic acids is 1. The van der Waals surface area contributed by atoms with E-state index in [-0.39, 0.29) is 18.0 Å². The number of hydrogen-bond donors (Lipinski definition) is 3. The molecule has 1 aliphatic rings. The highest BCUT2D eigenvalue weighted by atomic mass is 32.2. The molecule has 1 aromatic heterocycles. The molecule has 4 N–H and O–H groups in total. The number of amides is 1. The summed E-state index contributed by atoms with van der Waals surface area (Å²) in [7, 11) is 1.72. The predicted octanol–water partition coefficient (Wildman–Crippen LogP) is 5.12. The van der Waals surface area contributed by atoms with Gasteiger partial charge < -0.3 is 15.0 Å². The van der Waals surface area contributed by atoms with Crippen molar-refractivity contribution in [3.63, 3.8) is 0 Å². The molecule has 0 saturated heterocycles. The van der Waals surface area contributed by atoms with E-state index in [1.165, 1.54) is 24.8 Å². The van der Waals surface area contributed by atoms with Crippen LogP contribution in [-0.4, -0.2) is 50.2 Å². The van der Waals surface area contributed by atoms with Gasteiger partial charge in [-0.25, -0.2) is 18.4 Å². The van der Waals surface area contributed by atoms with Crippen LogP contribution in [0.1, 0.15) is 78.8 Å². The first kappa shape index (κ1) is 29.0. The normalized spacial score (nSPS) is 15.1. The highest BCUT2D eigenvalue weighted by Gasteiger charge is 2.27. The van der Waals surface area contributed by atoms with Gasteiger partial charge in [-0.05, 0) is 61.8 Å². The van der Waals surface area contributed by atoms with Crippen LogP contribution >= 0.6 is 0 Å². The standard InChI is InChI=1S/C30H40N4O4S/c1-21-11-13-23(14-12-21)29-28(22-9-5-3-6-10-22)25-16-15-24(30(36)37)19-26(25)34(29)20-27(35)32-17-7-4-8-18-33(2)39(31)38/h11-16,19,22H,3-10,17-18,20,31H2,1-2H3,(H,32,35)(H,36,37). The number of carbonyl (C=O) groups is 2. The van der Waals surface area contributed by atoms with E-state index in [1.807, 2.05) is 10.6 Å². The molecular weight excluding hydrogens is 512 g/mol. The number of carboxylic acids is 1. The fraction of sp³-hybridized carbons (Fsp3) is 0.467. The second-order valence-electron chi connectivity index (χ2n) is 10.6. The quantitative estimate of drug-likeness (QED) is 0.270. The molecular formula is C30H40N4O4S. The Morgan fingerprint density at radius 2 is 1.79 bits per heavy atom. The third kappa shape index (κ3) is 7.15. The number of rotatable bonds is 12. The fourth-order valence-electron chi connectivity index (χ4n) is 5.65. The van der Waals surface area contributed by atoms with E-state index >= 15 is 0 Å². The fourth-order valence-corrected chi connectivity index (χ4v) is 5.96. The molecule has 1 saturated carbocycles. The van der Waals surface area contributed by atoms with Crippen molar-refractivity contribution in [1.29, 1.82) is 0 Å². The zero-order chi connectivity index (χ0) is 27.9. The Balaban J connectivity index is 1.64. The zero-order valence-corrected chi connectivity index (χ0v) is 23.8. The van der Waals surface area contributed by atoms with Crippen molar-refractivity contribution >= 4 is 34.0 Å². The van der Waals surface area contributed by atoms with Gasteiger partial charge in [-0.2, -0.15) is 0 Å². The van der Waals surface area contributed by atoms with E-state index < -0.39 is 17.1 Å². The van der Waals surface area contributed by atoms with Crippen LogP contribution in [0, 0.1) is 6.92 Å². The highest BCUT2D eigenvalue weighted by molar-refractivity contribution is 7.80. The van der Waals surface area contributed by atoms with Gasteiger partial charge in [-0.1, -0.05) is 61.6 Å². The molecule has 0 radical (unpaired) electrons. The van der Waals surface area contributed by atoms with Crippen LogP contribution in [0.5, 0.6) is 0 Å². The minimum atomic E-state index is -1.46. The number of hydrogen-bond acceptors (Lipinski definition) is 3. The first-order valence-corrected chi connectivity index (χ1v) is 15.0. The number of nitrogens with zero attached hydrogens (tertiary/aromatic N) is 2. The van der Waals surface area contributed by atoms with Gasteiger partial charge in [0, 0.05) is 25.5 Å². The van der Waals surface area contributed by atoms with Gasteiger partial charge in [0.15, 0.2) is 11.2 Å². The van der Waals surface area contributed by atoms with Crippen molar-refractivity contribution in [2.45, 2.75) is 70.8 Å². The number of unbranched alkanes of at least 4 members (excludes halogenated alkanes) is 2. The molecule has 0 aliphatic heterocycles. The zero-order valence-electron chi connectivity index (χ0n) is 22.9. The molecule has 1 unspecified atom stereocenters. The topological polar surface area (TPSA) is 118 Å². The summed E-state index contributed by atoms with van der Waals surface area (Å²) in [6.07, 6.45) is 8.32. The molecule has 3 aromatic rings. The third-order valence-electron chi connectivity index (χ3n) is 7.77. The lowest BCUT2D eigenvalue weighted by Crippen LogP contribution is -2.29. The van der Waals surface area contributed by atoms with Crippen molar-refractivity contribution in [3.05, 3.63) is 59.2 Å². The monoisotopic (exact) mass is 552 g/mol. The number of aromatic nitrogens is 1. The smallest absolute Gasteiger partial charge is 0.335 e. The van der Waals surface area contributed by atoms with Crippen molar-refractivity contribution < 1.29 is 18.9 Å². The molecule has 4 rings (SSSR count). The largest absolute Gasteiger partial charge is 0.478 e. The third-order valence-corrected chi connectivity index (χ3v) is 8.57. The molecule has 0 bridgehead atoms. The van der Waals surface area contributed by atoms with Gasteiger partial charge in [-0.15, -0.1) is 0 Å². The van der Waals surface area contributed by atoms with Gasteiger partial charge in [0.05, 0.1) is 16.8 Å². The van der Waals surface area contributed by atoms with E-state index in [9.17, 15) is 18.9 Å². The number of nitrogens with one attached hydrogen (secondary N) is 1. The van der Waals surface area contributed by atoms with Gasteiger partial charge in [0.25, 0.3) is 0 Å². The summed E-state index contributed by atoms with van der Waals surface area (Å²) >= 11 is -1.46. The maximum absolute atomic E-state index is 13.2. The molecule has 2 aromatic carbocycles. The maximum atomic E-state index is 13.2. The van der Waals surface area contributed by atoms with Gasteiger partial charge in [-0.3, -0.25) is 4.79 Å². The first-order chi connectivity index (χ1) is 18.8. The van der Waals surface area contributed by atoms with E-state index in [0.717, 1.165) is 59.8 Å². The Labute approximate surface area is 233 Å². The van der Waals surface area contributed by atoms with Crippen LogP contribution in [0.3, 0.4) is 0 Å². The number of aryl methyl sites for hydroxylation is 1. The number of carbonyl (C=O) groups excluding carboxylic acids is 1. The van der Waals surface area contributed by atoms with Gasteiger partial charge >= 0.3 is 5.97 Å². The van der Waals surface area contributed by atoms with E-state index in [4.69, 9.17) is 5.14 Å². The Morgan fingerprint density at radius 3 is 2.46 bits per heavy atom. The molecule has 1 heterocycles. The lowest BCUT2D eigenvalue weighted by atomic mass is 9.81. The van der Waals surface area contributed by atoms with Crippen LogP contribution in [-0.2, 0) is 22.5 Å². The lowest BCUT2D eigenvalue weighted by molar-refractivity contribution is -0.121. The van der Waals surface area contributed by atoms with Crippen LogP contribution in [0.2, 0.25) is 0 Å². The molecule has 9 heteroatoms. The SMILES string of the molecule is Cc1ccc(-c2c(C3CCCCC3)c3ccc(C(=O)O)cc3n2CC(=O)NCCCCCN(C)S(N)=O)cc1. The summed E-state index contributed by atoms with van der Waals surface area (Å²) in [6, 6.07) is 13.7. The molecule has 1 aliphatic carbocycles. The Morgan fingerprint density at radius 1 is 1.08 bits per heavy atom. The second-order valence-corrected chi connectivity index (χ2v) is 11.8. The molecule has 1 atom stereocenters. The number of nitrogens with two attached hydrogens (primary N) is 1. The summed E-state index contributed by atoms with van der Waals surface area (Å²) in [4.78, 5) is 25.1. The van der Waals surface area contributed by atoms with Crippen molar-refractivity contribution in [2.75, 3.05) is 20.1 Å². The average Bonchev–Trinajstić information content (AvgIpc) is 3.24. The summed E-state index contributed by atoms with van der Waals surface area (Å²) in [5.74, 6) is -0.704. The van der Waals surface area contributed by atoms with Crippen LogP contribution in [0.15, 0.2) is 42.5 Å². The van der Waals surface area contributed by atoms with E-state index in [1.54, 1.807) is 23.5 Å². The predicted molar refractivity (Wildman–Crippen MR) is 157 cm³/mol. The van der Waals surface area contributed by atoms with Gasteiger partial charge in [0.2, 0.25) is 5.91 Å². The van der Waals surface area contributed by atoms with Crippen molar-refractivity contribution in [2.24, 2.45) is 5.14 Å². The van der Waals surface area contributed by atoms with Crippen LogP contribution in [0.4, 0.5) is 0 Å². The Hall–Kier alpha value is -3.01. The highest BCUT2D eigenvalue weighted by Crippen LogP contribution is 2.44. The summed E-state index contributed by atoms with van der Waals surface area (Å²) in [5.41, 5.74) is 5.47. The van der Waals surface area contributed by atoms with Crippen molar-refractivity contribution in [3.8, 4) is 11.3 Å². The Kier molecular flexibility index (Phi) is 9.94. The number of fused-ring (bicyclic) bond motifs is 1. The van der Waals surface area contributed by atoms with E-state index in [2.05, 4.69) is 36.5 Å². The second kappa shape index (κ2) is 13.4. The Bertz CT molecular complexity index is 1330. The van der Waals surface area contributed by atoms with Crippen LogP contribution < -0.4 is 10.5 Å². The summed E-state index contributed by atoms with van der Waals surface area (Å²) in [6.45, 7) is 3.36. The number of benzene rings is 2. The van der Waals surface area contributed by atoms with Gasteiger partial charge in [0.1, 0.15) is 6.54 Å². The van der Waals surface area contributed by atoms with Crippen LogP contribution in [0.25, 0.3) is 22.2 Å². The number of carboxylic acid groups (broad SMARTS) is 1. The molecule has 0 spiro atoms. The average molecular weight is 553 g/mol. The lowest BCUT2D eigenvalue weighted by Gasteiger charge is -2.24. The minimum Gasteiger partial charge on any atom is -0.478 e. The maximum Gasteiger partial charge on any atom is 0.335 e. The molecule has 1 amide bonds. The molecule has 8 nitrogen and oxygen atoms in total. The molecule has 210 valence electrons. The first-order valence-electron chi connectivity index (χ1n) is 13.9. The van der Waals surface area contributed by atoms with E-state index in [0.29, 0.717) is 19.0 Å². The summed E-state index contributed by atoms with van der Waals surface area (Å²) < 4.78 is 14.9. The minimum absolute atomic E-state index is 0.101. The van der Waals surface area contributed by atoms with Crippen molar-refractivity contribution in [1.82, 2.24) is 14.2 Å². The summed E-state index contributed by atoms with van der Waals surface area (Å²) in [5, 5.41) is 19.2.